The van der Waals surface area contributed by atoms with Crippen molar-refractivity contribution in [2.24, 2.45) is 5.41 Å². The highest BCUT2D eigenvalue weighted by atomic mass is 32.2. The number of rotatable bonds is 3. The third kappa shape index (κ3) is 5.26. The van der Waals surface area contributed by atoms with Gasteiger partial charge in [-0.2, -0.15) is 4.37 Å². The summed E-state index contributed by atoms with van der Waals surface area (Å²) in [5.74, 6) is 1.14. The molecule has 1 aromatic heterocycles. The second kappa shape index (κ2) is 5.57. The lowest BCUT2D eigenvalue weighted by molar-refractivity contribution is 0.481. The van der Waals surface area contributed by atoms with E-state index in [1.807, 2.05) is 11.8 Å². The second-order valence-corrected chi connectivity index (χ2v) is 8.06. The normalized spacial score (nSPS) is 13.5. The van der Waals surface area contributed by atoms with Gasteiger partial charge in [0.15, 0.2) is 0 Å². The Kier molecular flexibility index (Phi) is 4.85. The Balaban J connectivity index is 2.64. The fourth-order valence-corrected chi connectivity index (χ4v) is 3.06. The van der Waals surface area contributed by atoms with E-state index in [-0.39, 0.29) is 5.41 Å². The summed E-state index contributed by atoms with van der Waals surface area (Å²) in [6.45, 7) is 13.5. The molecule has 0 atom stereocenters. The third-order valence-electron chi connectivity index (χ3n) is 2.24. The smallest absolute Gasteiger partial charge is 0.0810 e. The molecule has 0 spiro atoms. The molecule has 96 valence electrons. The van der Waals surface area contributed by atoms with Crippen LogP contribution in [0, 0.1) is 5.41 Å². The maximum Gasteiger partial charge on any atom is 0.0810 e. The molecule has 0 aromatic carbocycles. The number of hydrogen-bond donors (Lipinski definition) is 0. The average Bonchev–Trinajstić information content (AvgIpc) is 2.58. The van der Waals surface area contributed by atoms with Gasteiger partial charge in [0.05, 0.1) is 5.69 Å². The zero-order valence-electron chi connectivity index (χ0n) is 11.7. The maximum absolute atomic E-state index is 4.46. The summed E-state index contributed by atoms with van der Waals surface area (Å²) in [5.41, 5.74) is 3.03. The molecule has 0 saturated carbocycles. The molecule has 0 N–H and O–H groups in total. The van der Waals surface area contributed by atoms with E-state index in [4.69, 9.17) is 0 Å². The minimum Gasteiger partial charge on any atom is -0.193 e. The molecule has 3 heteroatoms. The van der Waals surface area contributed by atoms with E-state index in [0.717, 1.165) is 11.4 Å². The van der Waals surface area contributed by atoms with E-state index in [0.29, 0.717) is 5.41 Å². The summed E-state index contributed by atoms with van der Waals surface area (Å²) >= 11 is 3.41. The van der Waals surface area contributed by atoms with Crippen molar-refractivity contribution in [3.05, 3.63) is 22.0 Å². The van der Waals surface area contributed by atoms with Crippen molar-refractivity contribution >= 4 is 29.4 Å². The lowest BCUT2D eigenvalue weighted by Crippen LogP contribution is -2.11. The molecule has 0 radical (unpaired) electrons. The monoisotopic (exact) mass is 269 g/mol. The quantitative estimate of drug-likeness (QED) is 0.749. The van der Waals surface area contributed by atoms with Crippen molar-refractivity contribution in [2.45, 2.75) is 47.0 Å². The molecular formula is C14H23NS2. The van der Waals surface area contributed by atoms with E-state index in [1.165, 1.54) is 5.56 Å². The van der Waals surface area contributed by atoms with Crippen LogP contribution >= 0.6 is 23.3 Å². The Labute approximate surface area is 114 Å². The van der Waals surface area contributed by atoms with Gasteiger partial charge >= 0.3 is 0 Å². The summed E-state index contributed by atoms with van der Waals surface area (Å²) in [7, 11) is 0. The van der Waals surface area contributed by atoms with Crippen LogP contribution in [0.4, 0.5) is 0 Å². The van der Waals surface area contributed by atoms with Crippen LogP contribution in [0.5, 0.6) is 0 Å². The molecule has 1 aromatic rings. The average molecular weight is 269 g/mol. The maximum atomic E-state index is 4.46. The molecule has 0 amide bonds. The summed E-state index contributed by atoms with van der Waals surface area (Å²) in [6.07, 6.45) is 2.15. The largest absolute Gasteiger partial charge is 0.193 e. The third-order valence-corrected chi connectivity index (χ3v) is 4.25. The standard InChI is InChI=1S/C14H23NS2/c1-13(2,3)10-16-8-7-12-11(9-17-15-12)14(4,5)6/h7-9H,10H2,1-6H3. The first kappa shape index (κ1) is 14.8. The topological polar surface area (TPSA) is 12.9 Å². The van der Waals surface area contributed by atoms with Gasteiger partial charge in [-0.3, -0.25) is 0 Å². The van der Waals surface area contributed by atoms with Crippen molar-refractivity contribution in [3.8, 4) is 0 Å². The molecule has 0 aliphatic carbocycles. The number of aromatic nitrogens is 1. The number of thioether (sulfide) groups is 1. The number of hydrogen-bond acceptors (Lipinski definition) is 3. The molecule has 0 unspecified atom stereocenters. The molecular weight excluding hydrogens is 246 g/mol. The first-order valence-corrected chi connectivity index (χ1v) is 7.82. The van der Waals surface area contributed by atoms with Crippen LogP contribution in [0.15, 0.2) is 10.8 Å². The highest BCUT2D eigenvalue weighted by Gasteiger charge is 2.18. The van der Waals surface area contributed by atoms with Gasteiger partial charge in [0.1, 0.15) is 0 Å². The van der Waals surface area contributed by atoms with Crippen LogP contribution in [0.2, 0.25) is 0 Å². The van der Waals surface area contributed by atoms with Gasteiger partial charge in [-0.1, -0.05) is 41.5 Å². The lowest BCUT2D eigenvalue weighted by atomic mass is 9.88. The van der Waals surface area contributed by atoms with E-state index < -0.39 is 0 Å². The summed E-state index contributed by atoms with van der Waals surface area (Å²) in [5, 5.41) is 4.34. The number of nitrogens with zero attached hydrogens (tertiary/aromatic N) is 1. The molecule has 1 rings (SSSR count). The van der Waals surface area contributed by atoms with Gasteiger partial charge < -0.3 is 0 Å². The summed E-state index contributed by atoms with van der Waals surface area (Å²) < 4.78 is 4.46. The zero-order valence-corrected chi connectivity index (χ0v) is 13.3. The fraction of sp³-hybridized carbons (Fsp3) is 0.643. The Morgan fingerprint density at radius 2 is 1.88 bits per heavy atom. The molecule has 17 heavy (non-hydrogen) atoms. The molecule has 1 nitrogen and oxygen atoms in total. The van der Waals surface area contributed by atoms with Crippen LogP contribution < -0.4 is 0 Å². The van der Waals surface area contributed by atoms with Crippen molar-refractivity contribution in [1.29, 1.82) is 0 Å². The van der Waals surface area contributed by atoms with E-state index in [9.17, 15) is 0 Å². The van der Waals surface area contributed by atoms with Crippen molar-refractivity contribution < 1.29 is 0 Å². The van der Waals surface area contributed by atoms with Crippen LogP contribution in [0.25, 0.3) is 6.08 Å². The van der Waals surface area contributed by atoms with Crippen molar-refractivity contribution in [2.75, 3.05) is 5.75 Å². The Bertz CT molecular complexity index is 378. The molecule has 0 saturated heterocycles. The van der Waals surface area contributed by atoms with Crippen molar-refractivity contribution in [1.82, 2.24) is 4.37 Å². The van der Waals surface area contributed by atoms with Gasteiger partial charge in [0.2, 0.25) is 0 Å². The van der Waals surface area contributed by atoms with Crippen LogP contribution in [0.1, 0.15) is 52.8 Å². The minimum atomic E-state index is 0.182. The molecule has 0 bridgehead atoms. The predicted octanol–water partition coefficient (Wildman–Crippen LogP) is 5.19. The minimum absolute atomic E-state index is 0.182. The van der Waals surface area contributed by atoms with Gasteiger partial charge in [-0.15, -0.1) is 11.8 Å². The summed E-state index contributed by atoms with van der Waals surface area (Å²) in [6, 6.07) is 0. The Morgan fingerprint density at radius 3 is 2.41 bits per heavy atom. The Hall–Kier alpha value is -0.280. The second-order valence-electron chi connectivity index (χ2n) is 6.54. The molecule has 0 fully saturated rings. The molecule has 1 heterocycles. The van der Waals surface area contributed by atoms with E-state index in [2.05, 4.69) is 62.8 Å². The highest BCUT2D eigenvalue weighted by molar-refractivity contribution is 8.02. The van der Waals surface area contributed by atoms with Gasteiger partial charge in [-0.05, 0) is 39.4 Å². The summed E-state index contributed by atoms with van der Waals surface area (Å²) in [4.78, 5) is 0. The first-order valence-electron chi connectivity index (χ1n) is 5.93. The Morgan fingerprint density at radius 1 is 1.24 bits per heavy atom. The fourth-order valence-electron chi connectivity index (χ4n) is 1.34. The van der Waals surface area contributed by atoms with Crippen LogP contribution in [-0.4, -0.2) is 10.1 Å². The molecule has 0 aliphatic rings. The zero-order chi connectivity index (χ0) is 13.1. The SMILES string of the molecule is CC(C)(C)CSC=Cc1nscc1C(C)(C)C. The first-order chi connectivity index (χ1) is 7.70. The van der Waals surface area contributed by atoms with E-state index >= 15 is 0 Å². The van der Waals surface area contributed by atoms with Crippen LogP contribution in [-0.2, 0) is 5.41 Å². The highest BCUT2D eigenvalue weighted by Crippen LogP contribution is 2.28. The van der Waals surface area contributed by atoms with Gasteiger partial charge in [0, 0.05) is 11.1 Å². The molecule has 0 aliphatic heterocycles. The van der Waals surface area contributed by atoms with Crippen molar-refractivity contribution in [3.63, 3.8) is 0 Å². The lowest BCUT2D eigenvalue weighted by Gasteiger charge is -2.17. The van der Waals surface area contributed by atoms with Gasteiger partial charge in [0.25, 0.3) is 0 Å². The van der Waals surface area contributed by atoms with Crippen LogP contribution in [0.3, 0.4) is 0 Å². The van der Waals surface area contributed by atoms with E-state index in [1.54, 1.807) is 11.5 Å². The van der Waals surface area contributed by atoms with Gasteiger partial charge in [-0.25, -0.2) is 0 Å². The predicted molar refractivity (Wildman–Crippen MR) is 81.8 cm³/mol.